The number of likely N-dealkylation sites (tertiary alicyclic amines) is 1. The van der Waals surface area contributed by atoms with Gasteiger partial charge in [-0.25, -0.2) is 0 Å². The Morgan fingerprint density at radius 3 is 2.43 bits per heavy atom. The van der Waals surface area contributed by atoms with E-state index in [4.69, 9.17) is 11.6 Å². The Hall–Kier alpha value is -2.51. The molecule has 254 valence electrons. The molecule has 1 fully saturated rings. The highest BCUT2D eigenvalue weighted by atomic mass is 35.5. The summed E-state index contributed by atoms with van der Waals surface area (Å²) in [6, 6.07) is 9.64. The molecule has 0 saturated carbocycles. The Kier molecular flexibility index (Phi) is 11.7. The third kappa shape index (κ3) is 7.27. The highest BCUT2D eigenvalue weighted by Crippen LogP contribution is 2.58. The van der Waals surface area contributed by atoms with Crippen molar-refractivity contribution in [2.45, 2.75) is 143 Å². The van der Waals surface area contributed by atoms with Gasteiger partial charge in [-0.3, -0.25) is 0 Å². The fourth-order valence-corrected chi connectivity index (χ4v) is 9.10. The summed E-state index contributed by atoms with van der Waals surface area (Å²) in [7, 11) is 0. The topological polar surface area (TPSA) is 3.24 Å². The third-order valence-electron chi connectivity index (χ3n) is 12.3. The van der Waals surface area contributed by atoms with Crippen molar-refractivity contribution in [2.24, 2.45) is 10.8 Å². The molecule has 4 aliphatic rings. The van der Waals surface area contributed by atoms with E-state index in [1.54, 1.807) is 5.56 Å². The van der Waals surface area contributed by atoms with E-state index in [2.05, 4.69) is 132 Å². The van der Waals surface area contributed by atoms with Crippen LogP contribution in [0.1, 0.15) is 143 Å². The first-order valence-electron chi connectivity index (χ1n) is 19.0. The minimum Gasteiger partial charge on any atom is -0.367 e. The van der Waals surface area contributed by atoms with Crippen LogP contribution in [0.15, 0.2) is 106 Å². The van der Waals surface area contributed by atoms with Gasteiger partial charge in [-0.1, -0.05) is 171 Å². The van der Waals surface area contributed by atoms with E-state index in [9.17, 15) is 0 Å². The molecule has 1 aromatic carbocycles. The molecule has 0 amide bonds. The van der Waals surface area contributed by atoms with Crippen LogP contribution in [0.3, 0.4) is 0 Å². The summed E-state index contributed by atoms with van der Waals surface area (Å²) in [6.07, 6.45) is 36.1. The van der Waals surface area contributed by atoms with Crippen LogP contribution in [0.4, 0.5) is 0 Å². The molecular formula is C45H62ClN. The zero-order chi connectivity index (χ0) is 33.7. The number of rotatable bonds is 12. The maximum atomic E-state index is 7.28. The Balaban J connectivity index is 1.42. The number of fused-ring (bicyclic) bond motifs is 2. The number of nitrogens with zero attached hydrogens (tertiary/aromatic N) is 1. The van der Waals surface area contributed by atoms with Crippen molar-refractivity contribution >= 4 is 11.6 Å². The SMILES string of the molecule is CCCCCCC1CC=C(C=CC2=C(Cl)C(=CC=C3N(CCCCC)C4C=CC=CC4(C)C3(C)C)CCC2)C(C)(C)c2ccccc21. The van der Waals surface area contributed by atoms with Gasteiger partial charge in [0.1, 0.15) is 0 Å². The van der Waals surface area contributed by atoms with Crippen LogP contribution < -0.4 is 0 Å². The monoisotopic (exact) mass is 651 g/mol. The minimum atomic E-state index is -0.0406. The molecule has 3 aliphatic carbocycles. The molecule has 0 N–H and O–H groups in total. The standard InChI is InChI=1S/C45H62ClN/c1-8-10-12-13-20-34-26-29-37(43(3,4)39-24-15-14-23-38(34)39)30-27-35-21-19-22-36(42(35)46)28-31-40-44(5,6)45(7)32-17-16-25-41(45)47(40)33-18-11-9-2/h14-17,23-25,27-32,34,41H,8-13,18-22,26,33H2,1-7H3. The fourth-order valence-electron chi connectivity index (χ4n) is 8.78. The summed E-state index contributed by atoms with van der Waals surface area (Å²) >= 11 is 7.28. The molecule has 2 heteroatoms. The van der Waals surface area contributed by atoms with Crippen molar-refractivity contribution in [1.82, 2.24) is 4.90 Å². The van der Waals surface area contributed by atoms with E-state index < -0.39 is 0 Å². The first-order valence-corrected chi connectivity index (χ1v) is 19.3. The molecular weight excluding hydrogens is 590 g/mol. The molecule has 1 aliphatic heterocycles. The van der Waals surface area contributed by atoms with E-state index in [1.807, 2.05) is 0 Å². The first kappa shape index (κ1) is 35.8. The van der Waals surface area contributed by atoms with Gasteiger partial charge in [-0.2, -0.15) is 0 Å². The molecule has 3 atom stereocenters. The van der Waals surface area contributed by atoms with E-state index in [-0.39, 0.29) is 16.2 Å². The van der Waals surface area contributed by atoms with Gasteiger partial charge >= 0.3 is 0 Å². The third-order valence-corrected chi connectivity index (χ3v) is 12.8. The summed E-state index contributed by atoms with van der Waals surface area (Å²) in [6.45, 7) is 17.9. The summed E-state index contributed by atoms with van der Waals surface area (Å²) in [5.41, 5.74) is 8.54. The van der Waals surface area contributed by atoms with Gasteiger partial charge in [0.05, 0.1) is 6.04 Å². The largest absolute Gasteiger partial charge is 0.367 e. The van der Waals surface area contributed by atoms with Gasteiger partial charge in [0.2, 0.25) is 0 Å². The second-order valence-electron chi connectivity index (χ2n) is 15.9. The highest BCUT2D eigenvalue weighted by molar-refractivity contribution is 6.32. The number of halogens is 1. The van der Waals surface area contributed by atoms with Gasteiger partial charge in [0.15, 0.2) is 0 Å². The molecule has 0 aromatic heterocycles. The minimum absolute atomic E-state index is 0.0253. The maximum Gasteiger partial charge on any atom is 0.0570 e. The lowest BCUT2D eigenvalue weighted by atomic mass is 9.63. The van der Waals surface area contributed by atoms with E-state index in [0.29, 0.717) is 12.0 Å². The summed E-state index contributed by atoms with van der Waals surface area (Å²) in [4.78, 5) is 2.70. The van der Waals surface area contributed by atoms with Crippen molar-refractivity contribution in [3.8, 4) is 0 Å². The lowest BCUT2D eigenvalue weighted by Gasteiger charge is -2.39. The fraction of sp³-hybridized carbons (Fsp3) is 0.556. The Morgan fingerprint density at radius 1 is 0.872 bits per heavy atom. The summed E-state index contributed by atoms with van der Waals surface area (Å²) < 4.78 is 0. The molecule has 47 heavy (non-hydrogen) atoms. The second-order valence-corrected chi connectivity index (χ2v) is 16.3. The van der Waals surface area contributed by atoms with Gasteiger partial charge in [-0.15, -0.1) is 0 Å². The van der Waals surface area contributed by atoms with Crippen LogP contribution in [-0.2, 0) is 5.41 Å². The predicted octanol–water partition coefficient (Wildman–Crippen LogP) is 13.4. The van der Waals surface area contributed by atoms with Crippen LogP contribution >= 0.6 is 11.6 Å². The molecule has 0 spiro atoms. The molecule has 1 nitrogen and oxygen atoms in total. The van der Waals surface area contributed by atoms with Crippen LogP contribution in [0.5, 0.6) is 0 Å². The normalized spacial score (nSPS) is 28.3. The van der Waals surface area contributed by atoms with Gasteiger partial charge in [-0.05, 0) is 78.4 Å². The molecule has 0 radical (unpaired) electrons. The molecule has 1 aromatic rings. The molecule has 0 bridgehead atoms. The Labute approximate surface area is 293 Å². The zero-order valence-electron chi connectivity index (χ0n) is 30.7. The van der Waals surface area contributed by atoms with Gasteiger partial charge < -0.3 is 4.90 Å². The van der Waals surface area contributed by atoms with Crippen LogP contribution in [0.2, 0.25) is 0 Å². The Bertz CT molecular complexity index is 1470. The number of hydrogen-bond donors (Lipinski definition) is 0. The second kappa shape index (κ2) is 15.4. The number of unbranched alkanes of at least 4 members (excludes halogenated alkanes) is 5. The molecule has 5 rings (SSSR count). The van der Waals surface area contributed by atoms with Crippen molar-refractivity contribution in [3.05, 3.63) is 118 Å². The predicted molar refractivity (Wildman–Crippen MR) is 206 cm³/mol. The first-order chi connectivity index (χ1) is 22.6. The van der Waals surface area contributed by atoms with Gasteiger partial charge in [0.25, 0.3) is 0 Å². The molecule has 3 unspecified atom stereocenters. The van der Waals surface area contributed by atoms with E-state index in [1.165, 1.54) is 79.3 Å². The highest BCUT2D eigenvalue weighted by Gasteiger charge is 2.56. The number of hydrogen-bond acceptors (Lipinski definition) is 1. The lowest BCUT2D eigenvalue weighted by molar-refractivity contribution is 0.196. The van der Waals surface area contributed by atoms with Crippen molar-refractivity contribution in [1.29, 1.82) is 0 Å². The zero-order valence-corrected chi connectivity index (χ0v) is 31.4. The lowest BCUT2D eigenvalue weighted by Crippen LogP contribution is -2.39. The van der Waals surface area contributed by atoms with Crippen molar-refractivity contribution in [2.75, 3.05) is 6.54 Å². The van der Waals surface area contributed by atoms with E-state index in [0.717, 1.165) is 37.3 Å². The van der Waals surface area contributed by atoms with Crippen LogP contribution in [-0.4, -0.2) is 17.5 Å². The maximum absolute atomic E-state index is 7.28. The summed E-state index contributed by atoms with van der Waals surface area (Å²) in [5.74, 6) is 0.603. The van der Waals surface area contributed by atoms with Crippen molar-refractivity contribution < 1.29 is 0 Å². The summed E-state index contributed by atoms with van der Waals surface area (Å²) in [5, 5.41) is 0.960. The Morgan fingerprint density at radius 2 is 1.64 bits per heavy atom. The van der Waals surface area contributed by atoms with Crippen LogP contribution in [0.25, 0.3) is 0 Å². The average molecular weight is 652 g/mol. The smallest absolute Gasteiger partial charge is 0.0570 e. The number of benzene rings is 1. The van der Waals surface area contributed by atoms with E-state index >= 15 is 0 Å². The average Bonchev–Trinajstić information content (AvgIpc) is 3.14. The number of allylic oxidation sites excluding steroid dienone is 12. The molecule has 1 heterocycles. The van der Waals surface area contributed by atoms with Gasteiger partial charge in [0, 0.05) is 33.5 Å². The van der Waals surface area contributed by atoms with Crippen LogP contribution in [0, 0.1) is 10.8 Å². The quantitative estimate of drug-likeness (QED) is 0.203. The van der Waals surface area contributed by atoms with Crippen molar-refractivity contribution in [3.63, 3.8) is 0 Å². The molecule has 1 saturated heterocycles.